The fourth-order valence-corrected chi connectivity index (χ4v) is 2.92. The maximum absolute atomic E-state index is 12.2. The molecule has 2 saturated heterocycles. The highest BCUT2D eigenvalue weighted by Crippen LogP contribution is 2.27. The molecule has 2 fully saturated rings. The number of carbonyl (C=O) groups excluding carboxylic acids is 1. The fraction of sp³-hybridized carbons (Fsp3) is 0.500. The molecule has 3 rings (SSSR count). The number of anilines is 1. The largest absolute Gasteiger partial charge is 0.497 e. The van der Waals surface area contributed by atoms with Crippen molar-refractivity contribution in [1.82, 2.24) is 10.2 Å². The number of nitrogens with zero attached hydrogens (tertiary/aromatic N) is 1. The van der Waals surface area contributed by atoms with Crippen LogP contribution in [0.1, 0.15) is 0 Å². The highest BCUT2D eigenvalue weighted by atomic mass is 16.5. The molecule has 2 atom stereocenters. The minimum Gasteiger partial charge on any atom is -0.497 e. The van der Waals surface area contributed by atoms with Gasteiger partial charge in [-0.15, -0.1) is 0 Å². The molecule has 2 heterocycles. The lowest BCUT2D eigenvalue weighted by Gasteiger charge is -2.18. The third kappa shape index (κ3) is 2.51. The number of likely N-dealkylation sites (tertiary alicyclic amines) is 1. The number of urea groups is 1. The molecule has 2 aliphatic heterocycles. The molecule has 5 nitrogen and oxygen atoms in total. The molecule has 2 aliphatic rings. The van der Waals surface area contributed by atoms with Crippen molar-refractivity contribution in [3.05, 3.63) is 24.3 Å². The molecule has 2 unspecified atom stereocenters. The highest BCUT2D eigenvalue weighted by Gasteiger charge is 2.38. The van der Waals surface area contributed by atoms with Crippen molar-refractivity contribution in [3.63, 3.8) is 0 Å². The number of methoxy groups -OCH3 is 1. The van der Waals surface area contributed by atoms with Gasteiger partial charge in [-0.05, 0) is 24.0 Å². The van der Waals surface area contributed by atoms with Gasteiger partial charge in [-0.2, -0.15) is 0 Å². The van der Waals surface area contributed by atoms with Crippen LogP contribution in [0.5, 0.6) is 5.75 Å². The lowest BCUT2D eigenvalue weighted by molar-refractivity contribution is 0.219. The minimum atomic E-state index is -0.0114. The Bertz CT molecular complexity index is 466. The number of nitrogens with one attached hydrogen (secondary N) is 2. The number of amides is 2. The summed E-state index contributed by atoms with van der Waals surface area (Å²) in [7, 11) is 1.62. The van der Waals surface area contributed by atoms with E-state index in [1.165, 1.54) is 0 Å². The molecule has 2 N–H and O–H groups in total. The van der Waals surface area contributed by atoms with Crippen molar-refractivity contribution < 1.29 is 9.53 Å². The summed E-state index contributed by atoms with van der Waals surface area (Å²) >= 11 is 0. The normalized spacial score (nSPS) is 25.2. The zero-order chi connectivity index (χ0) is 13.2. The quantitative estimate of drug-likeness (QED) is 0.845. The van der Waals surface area contributed by atoms with Crippen LogP contribution < -0.4 is 15.4 Å². The van der Waals surface area contributed by atoms with E-state index in [0.717, 1.165) is 37.6 Å². The Balaban J connectivity index is 1.62. The van der Waals surface area contributed by atoms with Crippen molar-refractivity contribution >= 4 is 11.7 Å². The first-order valence-corrected chi connectivity index (χ1v) is 6.67. The topological polar surface area (TPSA) is 53.6 Å². The minimum absolute atomic E-state index is 0.0114. The molecule has 2 amide bonds. The second-order valence-electron chi connectivity index (χ2n) is 5.25. The Hall–Kier alpha value is -1.75. The third-order valence-corrected chi connectivity index (χ3v) is 4.00. The second-order valence-corrected chi connectivity index (χ2v) is 5.25. The van der Waals surface area contributed by atoms with E-state index < -0.39 is 0 Å². The van der Waals surface area contributed by atoms with Gasteiger partial charge in [-0.25, -0.2) is 4.79 Å². The van der Waals surface area contributed by atoms with Crippen molar-refractivity contribution in [3.8, 4) is 5.75 Å². The predicted molar refractivity (Wildman–Crippen MR) is 73.4 cm³/mol. The fourth-order valence-electron chi connectivity index (χ4n) is 2.92. The molecule has 0 bridgehead atoms. The van der Waals surface area contributed by atoms with Crippen molar-refractivity contribution in [2.24, 2.45) is 11.8 Å². The SMILES string of the molecule is COc1cccc(NC(=O)N2CC3CNCC3C2)c1. The Morgan fingerprint density at radius 2 is 2.11 bits per heavy atom. The Morgan fingerprint density at radius 3 is 2.79 bits per heavy atom. The lowest BCUT2D eigenvalue weighted by atomic mass is 10.0. The summed E-state index contributed by atoms with van der Waals surface area (Å²) < 4.78 is 5.15. The molecule has 0 aromatic heterocycles. The summed E-state index contributed by atoms with van der Waals surface area (Å²) in [5, 5.41) is 6.31. The number of benzene rings is 1. The van der Waals surface area contributed by atoms with E-state index >= 15 is 0 Å². The first kappa shape index (κ1) is 12.3. The number of ether oxygens (including phenoxy) is 1. The summed E-state index contributed by atoms with van der Waals surface area (Å²) in [4.78, 5) is 14.1. The van der Waals surface area contributed by atoms with E-state index in [0.29, 0.717) is 11.8 Å². The smallest absolute Gasteiger partial charge is 0.321 e. The van der Waals surface area contributed by atoms with Gasteiger partial charge in [0.05, 0.1) is 7.11 Å². The number of fused-ring (bicyclic) bond motifs is 1. The molecule has 0 radical (unpaired) electrons. The molecule has 5 heteroatoms. The molecule has 0 aliphatic carbocycles. The van der Waals surface area contributed by atoms with Gasteiger partial charge in [0, 0.05) is 37.9 Å². The van der Waals surface area contributed by atoms with E-state index in [1.807, 2.05) is 29.2 Å². The van der Waals surface area contributed by atoms with Crippen molar-refractivity contribution in [2.45, 2.75) is 0 Å². The van der Waals surface area contributed by atoms with Crippen LogP contribution in [0.2, 0.25) is 0 Å². The number of hydrogen-bond acceptors (Lipinski definition) is 3. The Kier molecular flexibility index (Phi) is 3.29. The van der Waals surface area contributed by atoms with E-state index in [-0.39, 0.29) is 6.03 Å². The van der Waals surface area contributed by atoms with Gasteiger partial charge in [-0.3, -0.25) is 0 Å². The standard InChI is InChI=1S/C14H19N3O2/c1-19-13-4-2-3-12(5-13)16-14(18)17-8-10-6-15-7-11(10)9-17/h2-5,10-11,15H,6-9H2,1H3,(H,16,18). The summed E-state index contributed by atoms with van der Waals surface area (Å²) in [5.74, 6) is 1.99. The van der Waals surface area contributed by atoms with Gasteiger partial charge in [-0.1, -0.05) is 6.07 Å². The number of carbonyl (C=O) groups is 1. The second kappa shape index (κ2) is 5.09. The van der Waals surface area contributed by atoms with Gasteiger partial charge in [0.15, 0.2) is 0 Å². The van der Waals surface area contributed by atoms with Crippen LogP contribution in [-0.4, -0.2) is 44.2 Å². The molecule has 1 aromatic rings. The summed E-state index contributed by atoms with van der Waals surface area (Å²) in [5.41, 5.74) is 0.777. The monoisotopic (exact) mass is 261 g/mol. The van der Waals surface area contributed by atoms with E-state index in [4.69, 9.17) is 4.74 Å². The lowest BCUT2D eigenvalue weighted by Crippen LogP contribution is -2.35. The third-order valence-electron chi connectivity index (χ3n) is 4.00. The Labute approximate surface area is 112 Å². The van der Waals surface area contributed by atoms with Gasteiger partial charge >= 0.3 is 6.03 Å². The summed E-state index contributed by atoms with van der Waals surface area (Å²) in [6, 6.07) is 7.43. The molecular formula is C14H19N3O2. The molecule has 1 aromatic carbocycles. The van der Waals surface area contributed by atoms with Gasteiger partial charge < -0.3 is 20.3 Å². The van der Waals surface area contributed by atoms with Crippen LogP contribution in [0.4, 0.5) is 10.5 Å². The molecule has 19 heavy (non-hydrogen) atoms. The average molecular weight is 261 g/mol. The van der Waals surface area contributed by atoms with Crippen LogP contribution >= 0.6 is 0 Å². The van der Waals surface area contributed by atoms with Crippen molar-refractivity contribution in [1.29, 1.82) is 0 Å². The average Bonchev–Trinajstić information content (AvgIpc) is 2.99. The van der Waals surface area contributed by atoms with Crippen LogP contribution in [-0.2, 0) is 0 Å². The van der Waals surface area contributed by atoms with E-state index in [2.05, 4.69) is 10.6 Å². The molecule has 102 valence electrons. The van der Waals surface area contributed by atoms with Gasteiger partial charge in [0.2, 0.25) is 0 Å². The molecular weight excluding hydrogens is 242 g/mol. The van der Waals surface area contributed by atoms with E-state index in [9.17, 15) is 4.79 Å². The van der Waals surface area contributed by atoms with Gasteiger partial charge in [0.1, 0.15) is 5.75 Å². The first-order chi connectivity index (χ1) is 9.26. The maximum atomic E-state index is 12.2. The van der Waals surface area contributed by atoms with Crippen LogP contribution in [0.3, 0.4) is 0 Å². The summed E-state index contributed by atoms with van der Waals surface area (Å²) in [6.45, 7) is 3.78. The maximum Gasteiger partial charge on any atom is 0.321 e. The van der Waals surface area contributed by atoms with Crippen LogP contribution in [0.25, 0.3) is 0 Å². The number of hydrogen-bond donors (Lipinski definition) is 2. The zero-order valence-corrected chi connectivity index (χ0v) is 11.1. The summed E-state index contributed by atoms with van der Waals surface area (Å²) in [6.07, 6.45) is 0. The first-order valence-electron chi connectivity index (χ1n) is 6.67. The van der Waals surface area contributed by atoms with E-state index in [1.54, 1.807) is 7.11 Å². The van der Waals surface area contributed by atoms with Crippen molar-refractivity contribution in [2.75, 3.05) is 38.6 Å². The van der Waals surface area contributed by atoms with Gasteiger partial charge in [0.25, 0.3) is 0 Å². The predicted octanol–water partition coefficient (Wildman–Crippen LogP) is 1.38. The highest BCUT2D eigenvalue weighted by molar-refractivity contribution is 5.89. The van der Waals surface area contributed by atoms with Crippen LogP contribution in [0, 0.1) is 11.8 Å². The zero-order valence-electron chi connectivity index (χ0n) is 11.1. The molecule has 0 saturated carbocycles. The number of rotatable bonds is 2. The molecule has 0 spiro atoms. The van der Waals surface area contributed by atoms with Crippen LogP contribution in [0.15, 0.2) is 24.3 Å². The Morgan fingerprint density at radius 1 is 1.37 bits per heavy atom.